The van der Waals surface area contributed by atoms with E-state index in [0.717, 1.165) is 53.1 Å². The Balaban J connectivity index is 0.00000169. The third kappa shape index (κ3) is 6.08. The van der Waals surface area contributed by atoms with E-state index in [0.29, 0.717) is 6.42 Å². The van der Waals surface area contributed by atoms with Crippen molar-refractivity contribution < 1.29 is 5.11 Å². The van der Waals surface area contributed by atoms with Crippen molar-refractivity contribution >= 4 is 64.9 Å². The quantitative estimate of drug-likeness (QED) is 0.609. The van der Waals surface area contributed by atoms with Crippen molar-refractivity contribution in [2.45, 2.75) is 43.2 Å². The Morgan fingerprint density at radius 2 is 1.96 bits per heavy atom. The van der Waals surface area contributed by atoms with E-state index in [1.54, 1.807) is 11.8 Å². The van der Waals surface area contributed by atoms with Gasteiger partial charge in [-0.15, -0.1) is 24.8 Å². The number of rotatable bonds is 5. The molecular formula is C17H27Cl3N4OS. The Hall–Kier alpha value is -0.370. The lowest BCUT2D eigenvalue weighted by atomic mass is 10.0. The SMILES string of the molecule is CC(CC(C)(C)O)Sc1nc2cc(N3CCNCC3)c(Cl)cc2[nH]1.Cl.Cl. The number of halogens is 3. The van der Waals surface area contributed by atoms with Gasteiger partial charge in [0, 0.05) is 31.4 Å². The van der Waals surface area contributed by atoms with E-state index in [4.69, 9.17) is 16.6 Å². The number of piperazine rings is 1. The molecule has 0 saturated carbocycles. The molecule has 1 fully saturated rings. The van der Waals surface area contributed by atoms with Gasteiger partial charge in [0.2, 0.25) is 0 Å². The number of benzene rings is 1. The number of aromatic nitrogens is 2. The minimum Gasteiger partial charge on any atom is -0.390 e. The van der Waals surface area contributed by atoms with E-state index >= 15 is 0 Å². The van der Waals surface area contributed by atoms with Gasteiger partial charge in [0.25, 0.3) is 0 Å². The van der Waals surface area contributed by atoms with E-state index in [1.165, 1.54) is 0 Å². The van der Waals surface area contributed by atoms with Gasteiger partial charge in [0.05, 0.1) is 27.3 Å². The molecule has 1 atom stereocenters. The van der Waals surface area contributed by atoms with Crippen molar-refractivity contribution in [1.29, 1.82) is 0 Å². The molecule has 0 radical (unpaired) electrons. The monoisotopic (exact) mass is 440 g/mol. The van der Waals surface area contributed by atoms with Crippen LogP contribution in [-0.2, 0) is 0 Å². The van der Waals surface area contributed by atoms with E-state index in [9.17, 15) is 5.11 Å². The van der Waals surface area contributed by atoms with Crippen LogP contribution in [0.1, 0.15) is 27.2 Å². The first kappa shape index (κ1) is 23.7. The molecule has 0 aliphatic carbocycles. The van der Waals surface area contributed by atoms with Gasteiger partial charge in [-0.1, -0.05) is 30.3 Å². The molecule has 3 N–H and O–H groups in total. The lowest BCUT2D eigenvalue weighted by Gasteiger charge is -2.30. The lowest BCUT2D eigenvalue weighted by molar-refractivity contribution is 0.0718. The first-order valence-corrected chi connectivity index (χ1v) is 9.61. The van der Waals surface area contributed by atoms with Crippen LogP contribution in [0.2, 0.25) is 5.02 Å². The number of imidazole rings is 1. The van der Waals surface area contributed by atoms with Crippen LogP contribution in [0.4, 0.5) is 5.69 Å². The molecule has 1 aliphatic heterocycles. The topological polar surface area (TPSA) is 64.2 Å². The second-order valence-corrected chi connectivity index (χ2v) is 8.88. The number of H-pyrrole nitrogens is 1. The van der Waals surface area contributed by atoms with Crippen LogP contribution >= 0.6 is 48.2 Å². The van der Waals surface area contributed by atoms with Crippen LogP contribution in [0.25, 0.3) is 11.0 Å². The number of thioether (sulfide) groups is 1. The fourth-order valence-electron chi connectivity index (χ4n) is 3.14. The molecule has 1 aromatic heterocycles. The first-order valence-electron chi connectivity index (χ1n) is 8.36. The minimum absolute atomic E-state index is 0. The van der Waals surface area contributed by atoms with Crippen molar-refractivity contribution in [2.24, 2.45) is 0 Å². The Morgan fingerprint density at radius 3 is 2.58 bits per heavy atom. The van der Waals surface area contributed by atoms with Crippen molar-refractivity contribution in [3.63, 3.8) is 0 Å². The fourth-order valence-corrected chi connectivity index (χ4v) is 4.61. The normalized spacial score (nSPS) is 16.1. The minimum atomic E-state index is -0.669. The van der Waals surface area contributed by atoms with E-state index in [-0.39, 0.29) is 30.1 Å². The predicted molar refractivity (Wildman–Crippen MR) is 117 cm³/mol. The standard InChI is InChI=1S/C17H25ClN4OS.2ClH/c1-11(10-17(2,3)23)24-16-20-13-8-12(18)15(9-14(13)21-16)22-6-4-19-5-7-22;;/h8-9,11,19,23H,4-7,10H2,1-3H3,(H,20,21);2*1H. The van der Waals surface area contributed by atoms with Gasteiger partial charge in [-0.3, -0.25) is 0 Å². The Bertz CT molecular complexity index is 714. The predicted octanol–water partition coefficient (Wildman–Crippen LogP) is 4.11. The molecule has 1 aliphatic rings. The summed E-state index contributed by atoms with van der Waals surface area (Å²) in [7, 11) is 0. The maximum absolute atomic E-state index is 9.95. The average Bonchev–Trinajstić information content (AvgIpc) is 2.86. The molecule has 2 aromatic rings. The molecule has 5 nitrogen and oxygen atoms in total. The number of aromatic amines is 1. The van der Waals surface area contributed by atoms with Crippen LogP contribution in [-0.4, -0.2) is 52.1 Å². The zero-order valence-corrected chi connectivity index (χ0v) is 18.4. The molecular weight excluding hydrogens is 415 g/mol. The van der Waals surface area contributed by atoms with Gasteiger partial charge in [-0.2, -0.15) is 0 Å². The van der Waals surface area contributed by atoms with Crippen molar-refractivity contribution in [3.8, 4) is 0 Å². The van der Waals surface area contributed by atoms with Gasteiger partial charge in [0.15, 0.2) is 5.16 Å². The summed E-state index contributed by atoms with van der Waals surface area (Å²) in [6, 6.07) is 4.04. The van der Waals surface area contributed by atoms with E-state index < -0.39 is 5.60 Å². The fraction of sp³-hybridized carbons (Fsp3) is 0.588. The van der Waals surface area contributed by atoms with Crippen LogP contribution in [0.3, 0.4) is 0 Å². The highest BCUT2D eigenvalue weighted by Crippen LogP contribution is 2.33. The summed E-state index contributed by atoms with van der Waals surface area (Å²) in [6.07, 6.45) is 0.710. The lowest BCUT2D eigenvalue weighted by Crippen LogP contribution is -2.43. The summed E-state index contributed by atoms with van der Waals surface area (Å²) < 4.78 is 0. The molecule has 1 saturated heterocycles. The van der Waals surface area contributed by atoms with Crippen LogP contribution in [0.15, 0.2) is 17.3 Å². The molecule has 26 heavy (non-hydrogen) atoms. The summed E-state index contributed by atoms with van der Waals surface area (Å²) >= 11 is 8.14. The maximum atomic E-state index is 9.95. The molecule has 1 aromatic carbocycles. The van der Waals surface area contributed by atoms with Crippen LogP contribution < -0.4 is 10.2 Å². The third-order valence-corrected chi connectivity index (χ3v) is 5.37. The Labute approximate surface area is 176 Å². The number of nitrogens with one attached hydrogen (secondary N) is 2. The molecule has 0 spiro atoms. The molecule has 1 unspecified atom stereocenters. The largest absolute Gasteiger partial charge is 0.390 e. The highest BCUT2D eigenvalue weighted by atomic mass is 35.5. The van der Waals surface area contributed by atoms with Crippen molar-refractivity contribution in [2.75, 3.05) is 31.1 Å². The highest BCUT2D eigenvalue weighted by Gasteiger charge is 2.20. The van der Waals surface area contributed by atoms with Gasteiger partial charge >= 0.3 is 0 Å². The van der Waals surface area contributed by atoms with Crippen molar-refractivity contribution in [3.05, 3.63) is 17.2 Å². The number of fused-ring (bicyclic) bond motifs is 1. The highest BCUT2D eigenvalue weighted by molar-refractivity contribution is 7.99. The zero-order chi connectivity index (χ0) is 17.3. The number of aliphatic hydroxyl groups is 1. The molecule has 0 bridgehead atoms. The van der Waals surface area contributed by atoms with Crippen LogP contribution in [0, 0.1) is 0 Å². The molecule has 2 heterocycles. The molecule has 9 heteroatoms. The first-order chi connectivity index (χ1) is 11.3. The zero-order valence-electron chi connectivity index (χ0n) is 15.2. The summed E-state index contributed by atoms with van der Waals surface area (Å²) in [5.41, 5.74) is 2.28. The van der Waals surface area contributed by atoms with Gasteiger partial charge in [-0.05, 0) is 32.4 Å². The number of hydrogen-bond donors (Lipinski definition) is 3. The van der Waals surface area contributed by atoms with Crippen LogP contribution in [0.5, 0.6) is 0 Å². The second kappa shape index (κ2) is 9.71. The van der Waals surface area contributed by atoms with Gasteiger partial charge in [-0.25, -0.2) is 4.98 Å². The van der Waals surface area contributed by atoms with Gasteiger partial charge < -0.3 is 20.3 Å². The molecule has 0 amide bonds. The number of hydrogen-bond acceptors (Lipinski definition) is 5. The van der Waals surface area contributed by atoms with E-state index in [1.807, 2.05) is 19.9 Å². The summed E-state index contributed by atoms with van der Waals surface area (Å²) in [5, 5.41) is 15.2. The molecule has 3 rings (SSSR count). The summed E-state index contributed by atoms with van der Waals surface area (Å²) in [6.45, 7) is 9.65. The molecule has 148 valence electrons. The van der Waals surface area contributed by atoms with Crippen molar-refractivity contribution in [1.82, 2.24) is 15.3 Å². The summed E-state index contributed by atoms with van der Waals surface area (Å²) in [4.78, 5) is 10.3. The number of nitrogens with zero attached hydrogens (tertiary/aromatic N) is 2. The Kier molecular flexibility index (Phi) is 8.84. The number of anilines is 1. The summed E-state index contributed by atoms with van der Waals surface area (Å²) in [5.74, 6) is 0. The van der Waals surface area contributed by atoms with Gasteiger partial charge in [0.1, 0.15) is 0 Å². The third-order valence-electron chi connectivity index (χ3n) is 4.09. The smallest absolute Gasteiger partial charge is 0.166 e. The maximum Gasteiger partial charge on any atom is 0.166 e. The average molecular weight is 442 g/mol. The Morgan fingerprint density at radius 1 is 1.31 bits per heavy atom. The second-order valence-electron chi connectivity index (χ2n) is 7.04. The van der Waals surface area contributed by atoms with E-state index in [2.05, 4.69) is 28.2 Å².